The number of halogens is 1. The van der Waals surface area contributed by atoms with Gasteiger partial charge in [-0.1, -0.05) is 41.9 Å². The fourth-order valence-corrected chi connectivity index (χ4v) is 5.28. The van der Waals surface area contributed by atoms with Crippen LogP contribution < -0.4 is 10.3 Å². The summed E-state index contributed by atoms with van der Waals surface area (Å²) < 4.78 is 34.0. The molecule has 0 fully saturated rings. The Labute approximate surface area is 203 Å². The molecule has 1 heterocycles. The van der Waals surface area contributed by atoms with Crippen LogP contribution >= 0.6 is 11.6 Å². The molecule has 0 aliphatic heterocycles. The van der Waals surface area contributed by atoms with E-state index in [1.54, 1.807) is 30.3 Å². The maximum Gasteiger partial charge on any atom is 0.252 e. The lowest BCUT2D eigenvalue weighted by molar-refractivity contribution is 0.340. The van der Waals surface area contributed by atoms with Crippen LogP contribution in [0.5, 0.6) is 5.75 Å². The van der Waals surface area contributed by atoms with Gasteiger partial charge in [0.1, 0.15) is 5.75 Å². The minimum atomic E-state index is -3.88. The summed E-state index contributed by atoms with van der Waals surface area (Å²) in [6, 6.07) is 22.8. The van der Waals surface area contributed by atoms with Crippen molar-refractivity contribution in [1.82, 2.24) is 9.29 Å². The molecule has 3 aromatic carbocycles. The van der Waals surface area contributed by atoms with Crippen LogP contribution in [0, 0.1) is 0 Å². The van der Waals surface area contributed by atoms with E-state index in [4.69, 9.17) is 16.3 Å². The number of hydrogen-bond acceptors (Lipinski definition) is 4. The van der Waals surface area contributed by atoms with Crippen LogP contribution in [0.4, 0.5) is 0 Å². The van der Waals surface area contributed by atoms with Crippen molar-refractivity contribution in [2.24, 2.45) is 0 Å². The van der Waals surface area contributed by atoms with Gasteiger partial charge in [0.15, 0.2) is 0 Å². The Morgan fingerprint density at radius 2 is 1.71 bits per heavy atom. The van der Waals surface area contributed by atoms with Crippen molar-refractivity contribution < 1.29 is 13.2 Å². The molecule has 4 rings (SSSR count). The highest BCUT2D eigenvalue weighted by molar-refractivity contribution is 7.89. The lowest BCUT2D eigenvalue weighted by Crippen LogP contribution is -2.34. The van der Waals surface area contributed by atoms with Crippen LogP contribution in [0.1, 0.15) is 18.1 Å². The van der Waals surface area contributed by atoms with Gasteiger partial charge in [0.05, 0.1) is 11.5 Å². The highest BCUT2D eigenvalue weighted by Gasteiger charge is 2.25. The number of H-pyrrole nitrogens is 1. The zero-order valence-corrected chi connectivity index (χ0v) is 20.3. The minimum absolute atomic E-state index is 0.0675. The number of fused-ring (bicyclic) bond motifs is 1. The molecule has 0 aliphatic rings. The molecule has 0 saturated carbocycles. The first-order valence-electron chi connectivity index (χ1n) is 11.0. The van der Waals surface area contributed by atoms with E-state index in [1.165, 1.54) is 16.4 Å². The number of hydrogen-bond donors (Lipinski definition) is 1. The highest BCUT2D eigenvalue weighted by Crippen LogP contribution is 2.23. The van der Waals surface area contributed by atoms with Crippen LogP contribution in [0.3, 0.4) is 0 Å². The van der Waals surface area contributed by atoms with Gasteiger partial charge in [-0.15, -0.1) is 0 Å². The van der Waals surface area contributed by atoms with Crippen molar-refractivity contribution in [3.05, 3.63) is 105 Å². The number of pyridine rings is 1. The number of ether oxygens (including phenoxy) is 1. The van der Waals surface area contributed by atoms with Gasteiger partial charge in [0.2, 0.25) is 10.0 Å². The maximum absolute atomic E-state index is 13.5. The second kappa shape index (κ2) is 10.4. The number of sulfonamides is 1. The maximum atomic E-state index is 13.5. The number of nitrogens with one attached hydrogen (secondary N) is 1. The van der Waals surface area contributed by atoms with Gasteiger partial charge in [-0.05, 0) is 67.4 Å². The Hall–Kier alpha value is -3.13. The Morgan fingerprint density at radius 3 is 2.41 bits per heavy atom. The number of nitrogens with zero attached hydrogens (tertiary/aromatic N) is 1. The molecule has 0 atom stereocenters. The monoisotopic (exact) mass is 496 g/mol. The number of aromatic amines is 1. The van der Waals surface area contributed by atoms with Gasteiger partial charge >= 0.3 is 0 Å². The van der Waals surface area contributed by atoms with Crippen LogP contribution in [-0.4, -0.2) is 30.9 Å². The van der Waals surface area contributed by atoms with E-state index >= 15 is 0 Å². The lowest BCUT2D eigenvalue weighted by atomic mass is 10.1. The summed E-state index contributed by atoms with van der Waals surface area (Å²) in [7, 11) is -3.88. The van der Waals surface area contributed by atoms with Crippen molar-refractivity contribution in [2.45, 2.75) is 24.8 Å². The Morgan fingerprint density at radius 1 is 0.971 bits per heavy atom. The third-order valence-electron chi connectivity index (χ3n) is 5.49. The molecule has 8 heteroatoms. The highest BCUT2D eigenvalue weighted by atomic mass is 35.5. The van der Waals surface area contributed by atoms with Gasteiger partial charge in [0, 0.05) is 34.6 Å². The molecule has 1 N–H and O–H groups in total. The molecule has 0 unspecified atom stereocenters. The zero-order chi connectivity index (χ0) is 24.1. The van der Waals surface area contributed by atoms with Crippen molar-refractivity contribution in [3.63, 3.8) is 0 Å². The van der Waals surface area contributed by atoms with Gasteiger partial charge in [-0.3, -0.25) is 4.79 Å². The quantitative estimate of drug-likeness (QED) is 0.353. The topological polar surface area (TPSA) is 79.5 Å². The number of benzene rings is 3. The van der Waals surface area contributed by atoms with E-state index < -0.39 is 10.0 Å². The molecule has 34 heavy (non-hydrogen) atoms. The van der Waals surface area contributed by atoms with E-state index in [0.29, 0.717) is 34.9 Å². The molecule has 176 valence electrons. The molecule has 0 bridgehead atoms. The standard InChI is InChI=1S/C26H25ClN2O4S/c1-2-33-23-10-13-25-20(17-23)16-21(26(30)28-25)18-29(15-14-19-6-4-3-5-7-19)34(31,32)24-11-8-22(27)9-12-24/h3-13,16-17H,2,14-15,18H2,1H3,(H,28,30). The summed E-state index contributed by atoms with van der Waals surface area (Å²) in [6.45, 7) is 2.57. The average Bonchev–Trinajstić information content (AvgIpc) is 2.83. The summed E-state index contributed by atoms with van der Waals surface area (Å²) >= 11 is 5.96. The average molecular weight is 497 g/mol. The second-order valence-corrected chi connectivity index (χ2v) is 10.2. The molecular formula is C26H25ClN2O4S. The van der Waals surface area contributed by atoms with Gasteiger partial charge < -0.3 is 9.72 Å². The summed E-state index contributed by atoms with van der Waals surface area (Å²) in [5.41, 5.74) is 1.70. The first kappa shape index (κ1) is 24.0. The fraction of sp³-hybridized carbons (Fsp3) is 0.192. The van der Waals surface area contributed by atoms with Crippen LogP contribution in [-0.2, 0) is 23.0 Å². The van der Waals surface area contributed by atoms with E-state index in [9.17, 15) is 13.2 Å². The predicted octanol–water partition coefficient (Wildman–Crippen LogP) is 5.01. The first-order chi connectivity index (χ1) is 16.4. The van der Waals surface area contributed by atoms with Crippen LogP contribution in [0.15, 0.2) is 88.6 Å². The van der Waals surface area contributed by atoms with E-state index in [0.717, 1.165) is 10.9 Å². The lowest BCUT2D eigenvalue weighted by Gasteiger charge is -2.22. The van der Waals surface area contributed by atoms with Crippen LogP contribution in [0.25, 0.3) is 10.9 Å². The smallest absolute Gasteiger partial charge is 0.252 e. The molecule has 1 aromatic heterocycles. The van der Waals surface area contributed by atoms with E-state index in [-0.39, 0.29) is 23.5 Å². The first-order valence-corrected chi connectivity index (χ1v) is 12.8. The van der Waals surface area contributed by atoms with Crippen LogP contribution in [0.2, 0.25) is 5.02 Å². The van der Waals surface area contributed by atoms with Gasteiger partial charge in [-0.25, -0.2) is 8.42 Å². The summed E-state index contributed by atoms with van der Waals surface area (Å²) in [6.07, 6.45) is 0.508. The third-order valence-corrected chi connectivity index (χ3v) is 7.61. The summed E-state index contributed by atoms with van der Waals surface area (Å²) in [5, 5.41) is 1.22. The molecule has 0 aliphatic carbocycles. The third kappa shape index (κ3) is 5.50. The largest absolute Gasteiger partial charge is 0.494 e. The molecule has 4 aromatic rings. The van der Waals surface area contributed by atoms with Crippen molar-refractivity contribution in [3.8, 4) is 5.75 Å². The predicted molar refractivity (Wildman–Crippen MR) is 135 cm³/mol. The Kier molecular flexibility index (Phi) is 7.36. The SMILES string of the molecule is CCOc1ccc2[nH]c(=O)c(CN(CCc3ccccc3)S(=O)(=O)c3ccc(Cl)cc3)cc2c1. The van der Waals surface area contributed by atoms with Crippen molar-refractivity contribution >= 4 is 32.5 Å². The Balaban J connectivity index is 1.70. The van der Waals surface area contributed by atoms with E-state index in [2.05, 4.69) is 4.98 Å². The van der Waals surface area contributed by atoms with Gasteiger partial charge in [0.25, 0.3) is 5.56 Å². The number of aromatic nitrogens is 1. The molecule has 6 nitrogen and oxygen atoms in total. The van der Waals surface area contributed by atoms with Crippen molar-refractivity contribution in [1.29, 1.82) is 0 Å². The Bertz CT molecular complexity index is 1440. The summed E-state index contributed by atoms with van der Waals surface area (Å²) in [4.78, 5) is 15.8. The fourth-order valence-electron chi connectivity index (χ4n) is 3.73. The molecule has 0 amide bonds. The molecular weight excluding hydrogens is 472 g/mol. The number of rotatable bonds is 9. The molecule has 0 radical (unpaired) electrons. The normalized spacial score (nSPS) is 11.7. The van der Waals surface area contributed by atoms with Crippen molar-refractivity contribution in [2.75, 3.05) is 13.2 Å². The second-order valence-electron chi connectivity index (χ2n) is 7.83. The molecule has 0 saturated heterocycles. The van der Waals surface area contributed by atoms with Gasteiger partial charge in [-0.2, -0.15) is 4.31 Å². The zero-order valence-electron chi connectivity index (χ0n) is 18.7. The summed E-state index contributed by atoms with van der Waals surface area (Å²) in [5.74, 6) is 0.683. The van der Waals surface area contributed by atoms with E-state index in [1.807, 2.05) is 43.3 Å². The minimum Gasteiger partial charge on any atom is -0.494 e. The molecule has 0 spiro atoms.